The second-order valence-corrected chi connectivity index (χ2v) is 12.6. The molecule has 190 valence electrons. The van der Waals surface area contributed by atoms with Crippen LogP contribution in [0.3, 0.4) is 0 Å². The molecule has 6 N–H and O–H groups in total. The summed E-state index contributed by atoms with van der Waals surface area (Å²) in [5.41, 5.74) is 14.2. The van der Waals surface area contributed by atoms with E-state index < -0.39 is 0 Å². The molecule has 4 rings (SSSR count). The molecule has 0 aromatic carbocycles. The standard InChI is InChI=1S/C29H54N4/c1-21(32-18-6-4-16-30)25-10-11-26-24-9-8-22-20-23(33-19-7-5-17-31)12-14-28(22,2)27(24)13-15-29(25,26)3/h20-21,23-27,32-33H,4-19,30-31H2,1-3H3/t21-,23+,24+,25-,26+,27+,28+,29-/m1/s1. The van der Waals surface area contributed by atoms with E-state index in [1.807, 2.05) is 0 Å². The van der Waals surface area contributed by atoms with Crippen molar-refractivity contribution >= 4 is 0 Å². The predicted molar refractivity (Wildman–Crippen MR) is 141 cm³/mol. The van der Waals surface area contributed by atoms with Gasteiger partial charge in [-0.25, -0.2) is 0 Å². The third kappa shape index (κ3) is 5.10. The lowest BCUT2D eigenvalue weighted by Crippen LogP contribution is -2.53. The van der Waals surface area contributed by atoms with Crippen molar-refractivity contribution in [3.63, 3.8) is 0 Å². The zero-order chi connectivity index (χ0) is 23.5. The van der Waals surface area contributed by atoms with Crippen molar-refractivity contribution in [2.24, 2.45) is 46.0 Å². The van der Waals surface area contributed by atoms with Gasteiger partial charge in [-0.2, -0.15) is 0 Å². The Morgan fingerprint density at radius 2 is 1.67 bits per heavy atom. The first kappa shape index (κ1) is 25.7. The minimum atomic E-state index is 0.462. The quantitative estimate of drug-likeness (QED) is 0.260. The van der Waals surface area contributed by atoms with Crippen LogP contribution >= 0.6 is 0 Å². The molecule has 8 atom stereocenters. The molecule has 3 saturated carbocycles. The molecule has 4 aliphatic carbocycles. The molecule has 0 saturated heterocycles. The van der Waals surface area contributed by atoms with Gasteiger partial charge in [-0.05, 0) is 145 Å². The van der Waals surface area contributed by atoms with Gasteiger partial charge in [0.25, 0.3) is 0 Å². The summed E-state index contributed by atoms with van der Waals surface area (Å²) in [5, 5.41) is 7.71. The molecular weight excluding hydrogens is 404 g/mol. The van der Waals surface area contributed by atoms with Crippen molar-refractivity contribution in [1.82, 2.24) is 10.6 Å². The molecule has 0 spiro atoms. The number of fused-ring (bicyclic) bond motifs is 5. The van der Waals surface area contributed by atoms with Crippen LogP contribution in [0, 0.1) is 34.5 Å². The lowest BCUT2D eigenvalue weighted by molar-refractivity contribution is -0.0560. The van der Waals surface area contributed by atoms with E-state index in [9.17, 15) is 0 Å². The van der Waals surface area contributed by atoms with Crippen LogP contribution in [0.5, 0.6) is 0 Å². The fourth-order valence-corrected chi connectivity index (χ4v) is 9.05. The minimum Gasteiger partial charge on any atom is -0.330 e. The Kier molecular flexibility index (Phi) is 8.63. The zero-order valence-electron chi connectivity index (χ0n) is 22.0. The van der Waals surface area contributed by atoms with Crippen LogP contribution in [-0.2, 0) is 0 Å². The Hall–Kier alpha value is -0.420. The molecule has 0 bridgehead atoms. The second-order valence-electron chi connectivity index (χ2n) is 12.6. The lowest BCUT2D eigenvalue weighted by atomic mass is 9.46. The van der Waals surface area contributed by atoms with Gasteiger partial charge in [0.1, 0.15) is 0 Å². The first-order valence-electron chi connectivity index (χ1n) is 14.5. The molecular formula is C29H54N4. The van der Waals surface area contributed by atoms with E-state index in [2.05, 4.69) is 37.5 Å². The fraction of sp³-hybridized carbons (Fsp3) is 0.931. The van der Waals surface area contributed by atoms with Gasteiger partial charge < -0.3 is 22.1 Å². The summed E-state index contributed by atoms with van der Waals surface area (Å²) in [4.78, 5) is 0. The Balaban J connectivity index is 1.39. The Morgan fingerprint density at radius 3 is 2.42 bits per heavy atom. The topological polar surface area (TPSA) is 76.1 Å². The molecule has 4 nitrogen and oxygen atoms in total. The van der Waals surface area contributed by atoms with Crippen LogP contribution in [0.25, 0.3) is 0 Å². The smallest absolute Gasteiger partial charge is 0.0253 e. The van der Waals surface area contributed by atoms with Crippen molar-refractivity contribution in [2.45, 2.75) is 110 Å². The average Bonchev–Trinajstić information content (AvgIpc) is 3.17. The summed E-state index contributed by atoms with van der Waals surface area (Å²) in [6.07, 6.45) is 18.7. The average molecular weight is 459 g/mol. The molecule has 0 unspecified atom stereocenters. The van der Waals surface area contributed by atoms with Gasteiger partial charge in [0, 0.05) is 12.1 Å². The third-order valence-corrected chi connectivity index (χ3v) is 10.9. The monoisotopic (exact) mass is 458 g/mol. The maximum absolute atomic E-state index is 5.70. The van der Waals surface area contributed by atoms with Crippen molar-refractivity contribution < 1.29 is 0 Å². The summed E-state index contributed by atoms with van der Waals surface area (Å²) in [7, 11) is 0. The van der Waals surface area contributed by atoms with E-state index >= 15 is 0 Å². The van der Waals surface area contributed by atoms with Crippen LogP contribution in [0.15, 0.2) is 11.6 Å². The van der Waals surface area contributed by atoms with Gasteiger partial charge in [0.2, 0.25) is 0 Å². The SMILES string of the molecule is C[C@@H](NCCCCN)[C@H]1CC[C@H]2[C@@H]3CCC4=C[C@@H](NCCCCN)CC[C@]4(C)[C@H]3CC[C@]12C. The fourth-order valence-electron chi connectivity index (χ4n) is 9.05. The van der Waals surface area contributed by atoms with E-state index in [-0.39, 0.29) is 0 Å². The van der Waals surface area contributed by atoms with Crippen molar-refractivity contribution in [2.75, 3.05) is 26.2 Å². The van der Waals surface area contributed by atoms with E-state index in [1.165, 1.54) is 64.2 Å². The van der Waals surface area contributed by atoms with Crippen LogP contribution in [0.2, 0.25) is 0 Å². The molecule has 33 heavy (non-hydrogen) atoms. The zero-order valence-corrected chi connectivity index (χ0v) is 22.0. The molecule has 0 heterocycles. The Morgan fingerprint density at radius 1 is 0.909 bits per heavy atom. The van der Waals surface area contributed by atoms with Gasteiger partial charge in [0.05, 0.1) is 0 Å². The van der Waals surface area contributed by atoms with Crippen molar-refractivity contribution in [1.29, 1.82) is 0 Å². The van der Waals surface area contributed by atoms with E-state index in [4.69, 9.17) is 11.5 Å². The molecule has 4 heteroatoms. The van der Waals surface area contributed by atoms with Crippen LogP contribution in [0.1, 0.15) is 97.8 Å². The van der Waals surface area contributed by atoms with E-state index in [1.54, 1.807) is 5.57 Å². The molecule has 3 fully saturated rings. The minimum absolute atomic E-state index is 0.462. The maximum atomic E-state index is 5.70. The lowest BCUT2D eigenvalue weighted by Gasteiger charge is -2.59. The summed E-state index contributed by atoms with van der Waals surface area (Å²) >= 11 is 0. The van der Waals surface area contributed by atoms with Crippen molar-refractivity contribution in [3.05, 3.63) is 11.6 Å². The van der Waals surface area contributed by atoms with Crippen LogP contribution < -0.4 is 22.1 Å². The second kappa shape index (κ2) is 11.1. The highest BCUT2D eigenvalue weighted by Gasteiger charge is 2.59. The molecule has 0 aromatic rings. The molecule has 0 radical (unpaired) electrons. The number of nitrogens with two attached hydrogens (primary N) is 2. The summed E-state index contributed by atoms with van der Waals surface area (Å²) < 4.78 is 0. The van der Waals surface area contributed by atoms with Crippen LogP contribution in [0.4, 0.5) is 0 Å². The first-order valence-corrected chi connectivity index (χ1v) is 14.5. The van der Waals surface area contributed by atoms with Gasteiger partial charge in [-0.1, -0.05) is 25.5 Å². The van der Waals surface area contributed by atoms with E-state index in [0.717, 1.165) is 62.7 Å². The Bertz CT molecular complexity index is 662. The number of nitrogens with one attached hydrogen (secondary N) is 2. The first-order chi connectivity index (χ1) is 15.9. The Labute approximate surface area is 204 Å². The molecule has 0 aliphatic heterocycles. The van der Waals surface area contributed by atoms with Crippen molar-refractivity contribution in [3.8, 4) is 0 Å². The number of allylic oxidation sites excluding steroid dienone is 1. The molecule has 0 amide bonds. The molecule has 0 aromatic heterocycles. The summed E-state index contributed by atoms with van der Waals surface area (Å²) in [6.45, 7) is 11.7. The van der Waals surface area contributed by atoms with Gasteiger partial charge in [0.15, 0.2) is 0 Å². The number of rotatable bonds is 11. The van der Waals surface area contributed by atoms with Gasteiger partial charge >= 0.3 is 0 Å². The largest absolute Gasteiger partial charge is 0.330 e. The third-order valence-electron chi connectivity index (χ3n) is 10.9. The number of unbranched alkanes of at least 4 members (excludes halogenated alkanes) is 2. The maximum Gasteiger partial charge on any atom is 0.0253 e. The van der Waals surface area contributed by atoms with Gasteiger partial charge in [-0.15, -0.1) is 0 Å². The van der Waals surface area contributed by atoms with Gasteiger partial charge in [-0.3, -0.25) is 0 Å². The van der Waals surface area contributed by atoms with E-state index in [0.29, 0.717) is 22.9 Å². The summed E-state index contributed by atoms with van der Waals surface area (Å²) in [5.74, 6) is 3.66. The number of hydrogen-bond donors (Lipinski definition) is 4. The summed E-state index contributed by atoms with van der Waals surface area (Å²) in [6, 6.07) is 1.24. The predicted octanol–water partition coefficient (Wildman–Crippen LogP) is 4.98. The molecule has 4 aliphatic rings. The normalized spacial score (nSPS) is 41.1. The number of hydrogen-bond acceptors (Lipinski definition) is 4. The highest BCUT2D eigenvalue weighted by Crippen LogP contribution is 2.67. The highest BCUT2D eigenvalue weighted by molar-refractivity contribution is 5.26. The van der Waals surface area contributed by atoms with Crippen LogP contribution in [-0.4, -0.2) is 38.3 Å². The highest BCUT2D eigenvalue weighted by atomic mass is 14.9.